The second-order valence-electron chi connectivity index (χ2n) is 3.06. The first-order valence-electron chi connectivity index (χ1n) is 4.62. The van der Waals surface area contributed by atoms with Gasteiger partial charge in [0.05, 0.1) is 19.3 Å². The number of aliphatic hydroxyl groups is 1. The molecule has 72 valence electrons. The van der Waals surface area contributed by atoms with Crippen molar-refractivity contribution in [2.75, 3.05) is 6.61 Å². The van der Waals surface area contributed by atoms with Gasteiger partial charge in [-0.3, -0.25) is 0 Å². The lowest BCUT2D eigenvalue weighted by atomic mass is 10.2. The molecular formula is C11H16O2. The SMILES string of the molecule is CC[C@@H](O)COCc1ccccc1. The summed E-state index contributed by atoms with van der Waals surface area (Å²) in [5.41, 5.74) is 1.14. The van der Waals surface area contributed by atoms with Crippen LogP contribution in [0.2, 0.25) is 0 Å². The van der Waals surface area contributed by atoms with Crippen molar-refractivity contribution in [2.24, 2.45) is 0 Å². The van der Waals surface area contributed by atoms with E-state index in [0.29, 0.717) is 13.2 Å². The third-order valence-electron chi connectivity index (χ3n) is 1.89. The predicted octanol–water partition coefficient (Wildman–Crippen LogP) is 1.97. The molecule has 0 unspecified atom stereocenters. The van der Waals surface area contributed by atoms with E-state index in [2.05, 4.69) is 0 Å². The highest BCUT2D eigenvalue weighted by Crippen LogP contribution is 2.01. The first-order valence-corrected chi connectivity index (χ1v) is 4.62. The van der Waals surface area contributed by atoms with Crippen molar-refractivity contribution in [3.63, 3.8) is 0 Å². The Hall–Kier alpha value is -0.860. The molecule has 0 fully saturated rings. The normalized spacial score (nSPS) is 12.8. The van der Waals surface area contributed by atoms with E-state index in [1.807, 2.05) is 37.3 Å². The van der Waals surface area contributed by atoms with E-state index in [1.54, 1.807) is 0 Å². The molecule has 0 heterocycles. The average Bonchev–Trinajstić information content (AvgIpc) is 2.19. The molecule has 0 aliphatic rings. The standard InChI is InChI=1S/C11H16O2/c1-2-11(12)9-13-8-10-6-4-3-5-7-10/h3-7,11-12H,2,8-9H2,1H3/t11-/m1/s1. The van der Waals surface area contributed by atoms with Gasteiger partial charge in [-0.25, -0.2) is 0 Å². The first kappa shape index (κ1) is 10.2. The van der Waals surface area contributed by atoms with Crippen molar-refractivity contribution in [3.05, 3.63) is 35.9 Å². The molecule has 0 amide bonds. The molecule has 2 nitrogen and oxygen atoms in total. The molecule has 1 aromatic rings. The Balaban J connectivity index is 2.20. The third-order valence-corrected chi connectivity index (χ3v) is 1.89. The van der Waals surface area contributed by atoms with Crippen LogP contribution in [-0.4, -0.2) is 17.8 Å². The monoisotopic (exact) mass is 180 g/mol. The predicted molar refractivity (Wildman–Crippen MR) is 52.4 cm³/mol. The fourth-order valence-corrected chi connectivity index (χ4v) is 1.00. The maximum absolute atomic E-state index is 9.21. The van der Waals surface area contributed by atoms with Crippen LogP contribution in [0.4, 0.5) is 0 Å². The molecule has 0 saturated carbocycles. The van der Waals surface area contributed by atoms with Crippen LogP contribution in [-0.2, 0) is 11.3 Å². The molecule has 0 radical (unpaired) electrons. The first-order chi connectivity index (χ1) is 6.33. The van der Waals surface area contributed by atoms with E-state index >= 15 is 0 Å². The maximum atomic E-state index is 9.21. The molecule has 0 aliphatic heterocycles. The Bertz CT molecular complexity index is 221. The van der Waals surface area contributed by atoms with Crippen LogP contribution in [0.25, 0.3) is 0 Å². The summed E-state index contributed by atoms with van der Waals surface area (Å²) >= 11 is 0. The molecule has 0 bridgehead atoms. The van der Waals surface area contributed by atoms with Gasteiger partial charge < -0.3 is 9.84 Å². The van der Waals surface area contributed by atoms with E-state index < -0.39 is 0 Å². The summed E-state index contributed by atoms with van der Waals surface area (Å²) in [6.07, 6.45) is 0.415. The topological polar surface area (TPSA) is 29.5 Å². The van der Waals surface area contributed by atoms with Crippen LogP contribution < -0.4 is 0 Å². The molecule has 0 aromatic heterocycles. The second-order valence-corrected chi connectivity index (χ2v) is 3.06. The summed E-state index contributed by atoms with van der Waals surface area (Å²) in [5.74, 6) is 0. The number of hydrogen-bond acceptors (Lipinski definition) is 2. The van der Waals surface area contributed by atoms with Gasteiger partial charge in [0.1, 0.15) is 0 Å². The zero-order valence-corrected chi connectivity index (χ0v) is 7.94. The second kappa shape index (κ2) is 5.73. The highest BCUT2D eigenvalue weighted by Gasteiger charge is 1.99. The van der Waals surface area contributed by atoms with Gasteiger partial charge in [-0.05, 0) is 12.0 Å². The van der Waals surface area contributed by atoms with Gasteiger partial charge >= 0.3 is 0 Å². The van der Waals surface area contributed by atoms with Crippen molar-refractivity contribution in [2.45, 2.75) is 26.1 Å². The summed E-state index contributed by atoms with van der Waals surface area (Å²) in [5, 5.41) is 9.21. The number of ether oxygens (including phenoxy) is 1. The quantitative estimate of drug-likeness (QED) is 0.750. The molecule has 1 rings (SSSR count). The van der Waals surface area contributed by atoms with Gasteiger partial charge in [-0.15, -0.1) is 0 Å². The molecule has 0 spiro atoms. The fraction of sp³-hybridized carbons (Fsp3) is 0.455. The largest absolute Gasteiger partial charge is 0.391 e. The summed E-state index contributed by atoms with van der Waals surface area (Å²) in [6, 6.07) is 9.96. The Morgan fingerprint density at radius 2 is 2.00 bits per heavy atom. The summed E-state index contributed by atoms with van der Waals surface area (Å²) in [6.45, 7) is 2.94. The zero-order valence-electron chi connectivity index (χ0n) is 7.94. The lowest BCUT2D eigenvalue weighted by Crippen LogP contribution is -2.13. The molecule has 0 aliphatic carbocycles. The summed E-state index contributed by atoms with van der Waals surface area (Å²) in [4.78, 5) is 0. The van der Waals surface area contributed by atoms with Crippen LogP contribution >= 0.6 is 0 Å². The maximum Gasteiger partial charge on any atom is 0.0771 e. The molecule has 1 aromatic carbocycles. The fourth-order valence-electron chi connectivity index (χ4n) is 1.00. The van der Waals surface area contributed by atoms with Gasteiger partial charge in [0.2, 0.25) is 0 Å². The van der Waals surface area contributed by atoms with Crippen molar-refractivity contribution < 1.29 is 9.84 Å². The lowest BCUT2D eigenvalue weighted by Gasteiger charge is -2.08. The molecule has 13 heavy (non-hydrogen) atoms. The van der Waals surface area contributed by atoms with Crippen molar-refractivity contribution in [1.29, 1.82) is 0 Å². The van der Waals surface area contributed by atoms with Crippen molar-refractivity contribution in [3.8, 4) is 0 Å². The van der Waals surface area contributed by atoms with Gasteiger partial charge in [-0.2, -0.15) is 0 Å². The summed E-state index contributed by atoms with van der Waals surface area (Å²) in [7, 11) is 0. The average molecular weight is 180 g/mol. The van der Waals surface area contributed by atoms with Crippen LogP contribution in [0.3, 0.4) is 0 Å². The highest BCUT2D eigenvalue weighted by atomic mass is 16.5. The molecule has 0 saturated heterocycles. The van der Waals surface area contributed by atoms with Crippen molar-refractivity contribution in [1.82, 2.24) is 0 Å². The van der Waals surface area contributed by atoms with E-state index in [1.165, 1.54) is 0 Å². The number of rotatable bonds is 5. The van der Waals surface area contributed by atoms with Gasteiger partial charge in [0.15, 0.2) is 0 Å². The minimum atomic E-state index is -0.330. The van der Waals surface area contributed by atoms with E-state index in [0.717, 1.165) is 12.0 Å². The Morgan fingerprint density at radius 1 is 1.31 bits per heavy atom. The third kappa shape index (κ3) is 4.06. The van der Waals surface area contributed by atoms with Crippen LogP contribution in [0, 0.1) is 0 Å². The van der Waals surface area contributed by atoms with Gasteiger partial charge in [-0.1, -0.05) is 37.3 Å². The van der Waals surface area contributed by atoms with Gasteiger partial charge in [0, 0.05) is 0 Å². The minimum absolute atomic E-state index is 0.330. The number of benzene rings is 1. The van der Waals surface area contributed by atoms with Crippen LogP contribution in [0.1, 0.15) is 18.9 Å². The highest BCUT2D eigenvalue weighted by molar-refractivity contribution is 5.13. The summed E-state index contributed by atoms with van der Waals surface area (Å²) < 4.78 is 5.32. The molecule has 2 heteroatoms. The van der Waals surface area contributed by atoms with Crippen LogP contribution in [0.15, 0.2) is 30.3 Å². The van der Waals surface area contributed by atoms with E-state index in [4.69, 9.17) is 4.74 Å². The Labute approximate surface area is 79.2 Å². The molecular weight excluding hydrogens is 164 g/mol. The number of hydrogen-bond donors (Lipinski definition) is 1. The van der Waals surface area contributed by atoms with E-state index in [-0.39, 0.29) is 6.10 Å². The van der Waals surface area contributed by atoms with Gasteiger partial charge in [0.25, 0.3) is 0 Å². The zero-order chi connectivity index (χ0) is 9.52. The van der Waals surface area contributed by atoms with Crippen LogP contribution in [0.5, 0.6) is 0 Å². The Morgan fingerprint density at radius 3 is 2.62 bits per heavy atom. The van der Waals surface area contributed by atoms with Crippen molar-refractivity contribution >= 4 is 0 Å². The molecule has 1 N–H and O–H groups in total. The number of aliphatic hydroxyl groups excluding tert-OH is 1. The minimum Gasteiger partial charge on any atom is -0.391 e. The van der Waals surface area contributed by atoms with E-state index in [9.17, 15) is 5.11 Å². The Kier molecular flexibility index (Phi) is 4.50. The lowest BCUT2D eigenvalue weighted by molar-refractivity contribution is 0.0269. The smallest absolute Gasteiger partial charge is 0.0771 e. The molecule has 1 atom stereocenters.